The van der Waals surface area contributed by atoms with Crippen LogP contribution in [0.15, 0.2) is 267 Å². The fourth-order valence-electron chi connectivity index (χ4n) is 17.1. The predicted molar refractivity (Wildman–Crippen MR) is 381 cm³/mol. The molecule has 14 aromatic carbocycles. The molecule has 92 heavy (non-hydrogen) atoms. The zero-order valence-electron chi connectivity index (χ0n) is 49.0. The molecule has 1 aliphatic carbocycles. The van der Waals surface area contributed by atoms with Gasteiger partial charge in [-0.25, -0.2) is 15.0 Å². The fourth-order valence-corrected chi connectivity index (χ4v) is 17.1. The van der Waals surface area contributed by atoms with Crippen molar-refractivity contribution >= 4 is 163 Å². The van der Waals surface area contributed by atoms with Gasteiger partial charge in [0, 0.05) is 92.1 Å². The van der Waals surface area contributed by atoms with Gasteiger partial charge < -0.3 is 8.80 Å². The second-order valence-electron chi connectivity index (χ2n) is 25.2. The lowest BCUT2D eigenvalue weighted by Crippen LogP contribution is -2.02. The summed E-state index contributed by atoms with van der Waals surface area (Å²) in [6.07, 6.45) is 2.01. The highest BCUT2D eigenvalue weighted by Gasteiger charge is 2.31. The van der Waals surface area contributed by atoms with Gasteiger partial charge in [0.15, 0.2) is 11.6 Å². The van der Waals surface area contributed by atoms with Crippen molar-refractivity contribution in [1.29, 1.82) is 0 Å². The van der Waals surface area contributed by atoms with Gasteiger partial charge in [0.2, 0.25) is 0 Å². The van der Waals surface area contributed by atoms with Crippen LogP contribution in [0.4, 0.5) is 0 Å². The number of para-hydroxylation sites is 5. The lowest BCUT2D eigenvalue weighted by Gasteiger charge is -2.13. The van der Waals surface area contributed by atoms with Crippen LogP contribution >= 0.6 is 0 Å². The molecule has 0 N–H and O–H groups in total. The standard InChI is InChI=1S/C84H44N8/c1-2-18-46(19-3-1)83-86-62-28-11-6-24-55(62)84(88-83)92-68-38-35-48-39-47(33-36-52(48)74(68)78-70(92)43-60-54-23-8-13-30-64(54)91-66-32-15-10-26-57(66)76(78)82(60)91)50-40-49-20-16-27-58-72(49)61(41-50)79-80(58)87-71(44-85-79)89-67-37-34-45-17-4-5-21-51(45)73(67)77-69(89)42-59-53-22-7-12-29-63(53)90-65-31-14-9-25-56(65)75(77)81(59)90/h1-44H. The van der Waals surface area contributed by atoms with E-state index in [-0.39, 0.29) is 0 Å². The molecule has 0 spiro atoms. The summed E-state index contributed by atoms with van der Waals surface area (Å²) >= 11 is 0. The zero-order valence-corrected chi connectivity index (χ0v) is 49.0. The van der Waals surface area contributed by atoms with Crippen molar-refractivity contribution in [3.05, 3.63) is 267 Å². The van der Waals surface area contributed by atoms with Crippen LogP contribution < -0.4 is 0 Å². The topological polar surface area (TPSA) is 70.2 Å². The van der Waals surface area contributed by atoms with Crippen molar-refractivity contribution in [2.45, 2.75) is 0 Å². The number of hydrogen-bond donors (Lipinski definition) is 0. The summed E-state index contributed by atoms with van der Waals surface area (Å²) in [4.78, 5) is 22.0. The SMILES string of the molecule is c1ccc(-c2nc(-n3c4ccc5cc(-c6cc7c8c(cccc8c6)-c6nc(-n8c9ccc%10ccccc%10c9c9c%10c%11ccccc%11n%11c%12ccccc%12c(cc98)c%10%11)cnc6-7)ccc5c4c4c5c6ccccc6n6c7ccccc7c(cc43)c56)c3ccccc3n2)cc1. The minimum absolute atomic E-state index is 0.691. The Labute approximate surface area is 521 Å². The molecule has 0 saturated heterocycles. The third-order valence-corrected chi connectivity index (χ3v) is 20.7. The number of benzene rings is 14. The van der Waals surface area contributed by atoms with Gasteiger partial charge in [0.1, 0.15) is 5.82 Å². The summed E-state index contributed by atoms with van der Waals surface area (Å²) in [5.41, 5.74) is 19.9. The molecule has 0 unspecified atom stereocenters. The molecule has 8 heteroatoms. The van der Waals surface area contributed by atoms with Gasteiger partial charge >= 0.3 is 0 Å². The van der Waals surface area contributed by atoms with Crippen molar-refractivity contribution in [2.75, 3.05) is 0 Å². The molecule has 22 aromatic rings. The van der Waals surface area contributed by atoms with E-state index < -0.39 is 0 Å². The van der Waals surface area contributed by atoms with E-state index in [1.54, 1.807) is 0 Å². The van der Waals surface area contributed by atoms with Crippen LogP contribution in [0.25, 0.3) is 220 Å². The first kappa shape index (κ1) is 47.5. The summed E-state index contributed by atoms with van der Waals surface area (Å²) in [6.45, 7) is 0. The first-order chi connectivity index (χ1) is 45.7. The Balaban J connectivity index is 0.743. The van der Waals surface area contributed by atoms with Crippen LogP contribution in [0.2, 0.25) is 0 Å². The van der Waals surface area contributed by atoms with Gasteiger partial charge in [0.05, 0.1) is 78.3 Å². The Morgan fingerprint density at radius 1 is 0.261 bits per heavy atom. The molecule has 0 radical (unpaired) electrons. The van der Waals surface area contributed by atoms with E-state index in [9.17, 15) is 0 Å². The highest BCUT2D eigenvalue weighted by Crippen LogP contribution is 2.53. The largest absolute Gasteiger partial charge is 0.308 e. The molecule has 0 bridgehead atoms. The first-order valence-electron chi connectivity index (χ1n) is 31.5. The van der Waals surface area contributed by atoms with Gasteiger partial charge in [-0.2, -0.15) is 0 Å². The average molecular weight is 1170 g/mol. The third kappa shape index (κ3) is 5.80. The van der Waals surface area contributed by atoms with E-state index in [4.69, 9.17) is 19.9 Å². The number of nitrogens with zero attached hydrogens (tertiary/aromatic N) is 8. The van der Waals surface area contributed by atoms with Crippen LogP contribution in [0.5, 0.6) is 0 Å². The van der Waals surface area contributed by atoms with Crippen LogP contribution in [0.1, 0.15) is 0 Å². The summed E-state index contributed by atoms with van der Waals surface area (Å²) in [6, 6.07) is 95.7. The Kier molecular flexibility index (Phi) is 8.68. The maximum Gasteiger partial charge on any atom is 0.162 e. The summed E-state index contributed by atoms with van der Waals surface area (Å²) in [7, 11) is 0. The van der Waals surface area contributed by atoms with Crippen molar-refractivity contribution in [1.82, 2.24) is 37.9 Å². The van der Waals surface area contributed by atoms with Crippen LogP contribution in [0, 0.1) is 0 Å². The maximum atomic E-state index is 5.76. The quantitative estimate of drug-likeness (QED) is 0.176. The number of hydrogen-bond acceptors (Lipinski definition) is 4. The molecular formula is C84H44N8. The van der Waals surface area contributed by atoms with E-state index in [0.29, 0.717) is 5.82 Å². The summed E-state index contributed by atoms with van der Waals surface area (Å²) in [5, 5.41) is 22.9. The second kappa shape index (κ2) is 16.8. The van der Waals surface area contributed by atoms with Crippen LogP contribution in [-0.4, -0.2) is 37.9 Å². The molecule has 420 valence electrons. The highest BCUT2D eigenvalue weighted by molar-refractivity contribution is 6.40. The van der Waals surface area contributed by atoms with E-state index in [0.717, 1.165) is 94.6 Å². The maximum absolute atomic E-state index is 5.76. The van der Waals surface area contributed by atoms with Gasteiger partial charge in [-0.3, -0.25) is 14.1 Å². The monoisotopic (exact) mass is 1160 g/mol. The molecule has 1 aliphatic rings. The van der Waals surface area contributed by atoms with Gasteiger partial charge in [-0.15, -0.1) is 0 Å². The van der Waals surface area contributed by atoms with E-state index in [2.05, 4.69) is 273 Å². The molecule has 8 heterocycles. The van der Waals surface area contributed by atoms with Crippen LogP contribution in [-0.2, 0) is 0 Å². The summed E-state index contributed by atoms with van der Waals surface area (Å²) < 4.78 is 9.79. The predicted octanol–water partition coefficient (Wildman–Crippen LogP) is 21.4. The van der Waals surface area contributed by atoms with Crippen molar-refractivity contribution < 1.29 is 0 Å². The Bertz CT molecular complexity index is 7120. The normalized spacial score (nSPS) is 12.8. The molecule has 0 saturated carbocycles. The van der Waals surface area contributed by atoms with Crippen molar-refractivity contribution in [3.8, 4) is 56.7 Å². The highest BCUT2D eigenvalue weighted by atomic mass is 15.1. The Morgan fingerprint density at radius 2 is 0.815 bits per heavy atom. The molecule has 0 aliphatic heterocycles. The molecule has 0 amide bonds. The van der Waals surface area contributed by atoms with E-state index in [1.165, 1.54) is 119 Å². The lowest BCUT2D eigenvalue weighted by atomic mass is 9.94. The number of fused-ring (bicyclic) bond motifs is 28. The van der Waals surface area contributed by atoms with Gasteiger partial charge in [-0.1, -0.05) is 182 Å². The second-order valence-corrected chi connectivity index (χ2v) is 25.2. The molecular weight excluding hydrogens is 1120 g/mol. The lowest BCUT2D eigenvalue weighted by molar-refractivity contribution is 1.05. The average Bonchev–Trinajstić information content (AvgIpc) is 1.52. The molecule has 8 aromatic heterocycles. The third-order valence-electron chi connectivity index (χ3n) is 20.7. The van der Waals surface area contributed by atoms with E-state index in [1.807, 2.05) is 12.3 Å². The minimum Gasteiger partial charge on any atom is -0.308 e. The first-order valence-corrected chi connectivity index (χ1v) is 31.5. The Morgan fingerprint density at radius 3 is 1.52 bits per heavy atom. The minimum atomic E-state index is 0.691. The summed E-state index contributed by atoms with van der Waals surface area (Å²) in [5.74, 6) is 2.34. The zero-order chi connectivity index (χ0) is 59.3. The molecule has 0 fully saturated rings. The van der Waals surface area contributed by atoms with Gasteiger partial charge in [0.25, 0.3) is 0 Å². The molecule has 23 rings (SSSR count). The molecule has 0 atom stereocenters. The van der Waals surface area contributed by atoms with Crippen molar-refractivity contribution in [2.24, 2.45) is 0 Å². The van der Waals surface area contributed by atoms with Crippen LogP contribution in [0.3, 0.4) is 0 Å². The van der Waals surface area contributed by atoms with Gasteiger partial charge in [-0.05, 0) is 117 Å². The number of rotatable bonds is 4. The number of aromatic nitrogens is 8. The van der Waals surface area contributed by atoms with E-state index >= 15 is 0 Å². The molecule has 8 nitrogen and oxygen atoms in total. The fraction of sp³-hybridized carbons (Fsp3) is 0. The van der Waals surface area contributed by atoms with Crippen molar-refractivity contribution in [3.63, 3.8) is 0 Å². The Hall–Kier alpha value is -12.5. The smallest absolute Gasteiger partial charge is 0.162 e.